The van der Waals surface area contributed by atoms with Gasteiger partial charge in [0.25, 0.3) is 0 Å². The lowest BCUT2D eigenvalue weighted by Crippen LogP contribution is -2.74. The SMILES string of the molecule is c1ccc(-c2ccc(-c3nc(-c4ccccc4)nc(-c4ccc([Si](c5ccccc5)(c5ccccc5)c5ccccc5)cc4)n3)cc2)cc1. The molecule has 4 heteroatoms. The lowest BCUT2D eigenvalue weighted by Gasteiger charge is -2.34. The summed E-state index contributed by atoms with van der Waals surface area (Å²) >= 11 is 0. The van der Waals surface area contributed by atoms with Crippen LogP contribution in [-0.2, 0) is 0 Å². The standard InChI is InChI=1S/C45H33N3Si/c1-6-16-34(17-7-1)35-26-28-37(29-27-35)44-46-43(36-18-8-2-9-19-36)47-45(48-44)38-30-32-42(33-31-38)49(39-20-10-3-11-21-39,40-22-12-4-13-23-40)41-24-14-5-15-25-41/h1-33H. The van der Waals surface area contributed by atoms with E-state index in [9.17, 15) is 0 Å². The third kappa shape index (κ3) is 5.90. The highest BCUT2D eigenvalue weighted by atomic mass is 28.3. The van der Waals surface area contributed by atoms with Crippen LogP contribution >= 0.6 is 0 Å². The molecule has 3 nitrogen and oxygen atoms in total. The molecule has 0 amide bonds. The average Bonchev–Trinajstić information content (AvgIpc) is 3.20. The first kappa shape index (κ1) is 30.1. The van der Waals surface area contributed by atoms with Gasteiger partial charge in [0.2, 0.25) is 0 Å². The minimum atomic E-state index is -2.64. The molecule has 1 aromatic heterocycles. The van der Waals surface area contributed by atoms with Crippen LogP contribution in [0.4, 0.5) is 0 Å². The zero-order valence-electron chi connectivity index (χ0n) is 26.9. The summed E-state index contributed by atoms with van der Waals surface area (Å²) < 4.78 is 0. The largest absolute Gasteiger partial charge is 0.208 e. The maximum absolute atomic E-state index is 5.06. The number of hydrogen-bond donors (Lipinski definition) is 0. The smallest absolute Gasteiger partial charge is 0.179 e. The van der Waals surface area contributed by atoms with Gasteiger partial charge >= 0.3 is 0 Å². The summed E-state index contributed by atoms with van der Waals surface area (Å²) in [5, 5.41) is 5.32. The van der Waals surface area contributed by atoms with Gasteiger partial charge < -0.3 is 0 Å². The van der Waals surface area contributed by atoms with Crippen LogP contribution in [0.25, 0.3) is 45.3 Å². The molecule has 0 bridgehead atoms. The number of rotatable bonds is 8. The van der Waals surface area contributed by atoms with Gasteiger partial charge in [-0.25, -0.2) is 15.0 Å². The van der Waals surface area contributed by atoms with Crippen LogP contribution < -0.4 is 20.7 Å². The Morgan fingerprint density at radius 2 is 0.469 bits per heavy atom. The maximum atomic E-state index is 5.06. The van der Waals surface area contributed by atoms with E-state index in [0.717, 1.165) is 22.3 Å². The molecule has 0 aliphatic carbocycles. The molecule has 49 heavy (non-hydrogen) atoms. The number of aromatic nitrogens is 3. The van der Waals surface area contributed by atoms with Gasteiger partial charge in [-0.1, -0.05) is 200 Å². The van der Waals surface area contributed by atoms with Gasteiger partial charge in [0.1, 0.15) is 0 Å². The van der Waals surface area contributed by atoms with Gasteiger partial charge in [0.15, 0.2) is 25.5 Å². The van der Waals surface area contributed by atoms with Crippen molar-refractivity contribution >= 4 is 28.8 Å². The van der Waals surface area contributed by atoms with Crippen molar-refractivity contribution in [3.63, 3.8) is 0 Å². The summed E-state index contributed by atoms with van der Waals surface area (Å²) in [4.78, 5) is 15.0. The van der Waals surface area contributed by atoms with Crippen molar-refractivity contribution in [3.8, 4) is 45.3 Å². The van der Waals surface area contributed by atoms with E-state index >= 15 is 0 Å². The molecule has 1 heterocycles. The second-order valence-corrected chi connectivity index (χ2v) is 15.9. The molecule has 0 unspecified atom stereocenters. The van der Waals surface area contributed by atoms with Gasteiger partial charge in [0, 0.05) is 16.7 Å². The molecule has 0 fully saturated rings. The first-order chi connectivity index (χ1) is 24.3. The van der Waals surface area contributed by atoms with Gasteiger partial charge in [-0.2, -0.15) is 0 Å². The summed E-state index contributed by atoms with van der Waals surface area (Å²) in [5.41, 5.74) is 5.17. The fraction of sp³-hybridized carbons (Fsp3) is 0. The Morgan fingerprint density at radius 1 is 0.224 bits per heavy atom. The topological polar surface area (TPSA) is 38.7 Å². The Kier molecular flexibility index (Phi) is 8.29. The number of benzene rings is 7. The molecule has 8 rings (SSSR count). The Labute approximate surface area is 288 Å². The molecule has 0 atom stereocenters. The van der Waals surface area contributed by atoms with Crippen LogP contribution in [0.15, 0.2) is 200 Å². The number of hydrogen-bond acceptors (Lipinski definition) is 3. The van der Waals surface area contributed by atoms with Gasteiger partial charge in [-0.3, -0.25) is 0 Å². The number of nitrogens with zero attached hydrogens (tertiary/aromatic N) is 3. The molecule has 0 aliphatic heterocycles. The zero-order valence-corrected chi connectivity index (χ0v) is 27.9. The van der Waals surface area contributed by atoms with Crippen molar-refractivity contribution in [1.82, 2.24) is 15.0 Å². The highest BCUT2D eigenvalue weighted by molar-refractivity contribution is 7.19. The first-order valence-electron chi connectivity index (χ1n) is 16.5. The normalized spacial score (nSPS) is 11.3. The molecular formula is C45H33N3Si. The summed E-state index contributed by atoms with van der Waals surface area (Å²) in [6, 6.07) is 70.8. The molecule has 8 aromatic rings. The highest BCUT2D eigenvalue weighted by Gasteiger charge is 2.41. The first-order valence-corrected chi connectivity index (χ1v) is 18.5. The summed E-state index contributed by atoms with van der Waals surface area (Å²) in [7, 11) is -2.64. The van der Waals surface area contributed by atoms with E-state index in [1.165, 1.54) is 26.3 Å². The molecule has 0 N–H and O–H groups in total. The van der Waals surface area contributed by atoms with Crippen molar-refractivity contribution in [2.75, 3.05) is 0 Å². The summed E-state index contributed by atoms with van der Waals surface area (Å²) in [6.07, 6.45) is 0. The van der Waals surface area contributed by atoms with Gasteiger partial charge in [-0.15, -0.1) is 0 Å². The van der Waals surface area contributed by atoms with E-state index < -0.39 is 8.07 Å². The van der Waals surface area contributed by atoms with Gasteiger partial charge in [-0.05, 0) is 31.9 Å². The Hall–Kier alpha value is -6.23. The van der Waals surface area contributed by atoms with E-state index in [0.29, 0.717) is 17.5 Å². The Morgan fingerprint density at radius 3 is 0.857 bits per heavy atom. The van der Waals surface area contributed by atoms with Crippen molar-refractivity contribution in [2.24, 2.45) is 0 Å². The summed E-state index contributed by atoms with van der Waals surface area (Å²) in [5.74, 6) is 1.95. The predicted octanol–water partition coefficient (Wildman–Crippen LogP) is 7.92. The van der Waals surface area contributed by atoms with E-state index in [4.69, 9.17) is 15.0 Å². The van der Waals surface area contributed by atoms with E-state index in [2.05, 4.69) is 164 Å². The second-order valence-electron chi connectivity index (χ2n) is 12.0. The maximum Gasteiger partial charge on any atom is 0.179 e. The minimum Gasteiger partial charge on any atom is -0.208 e. The molecule has 7 aromatic carbocycles. The molecule has 0 spiro atoms. The van der Waals surface area contributed by atoms with Crippen LogP contribution in [0.2, 0.25) is 0 Å². The van der Waals surface area contributed by atoms with Crippen LogP contribution in [-0.4, -0.2) is 23.0 Å². The lowest BCUT2D eigenvalue weighted by atomic mass is 10.0. The van der Waals surface area contributed by atoms with Crippen LogP contribution in [0.3, 0.4) is 0 Å². The second kappa shape index (κ2) is 13.5. The molecule has 0 saturated carbocycles. The molecule has 0 radical (unpaired) electrons. The van der Waals surface area contributed by atoms with E-state index in [-0.39, 0.29) is 0 Å². The van der Waals surface area contributed by atoms with Gasteiger partial charge in [0.05, 0.1) is 0 Å². The van der Waals surface area contributed by atoms with Crippen LogP contribution in [0, 0.1) is 0 Å². The molecule has 0 saturated heterocycles. The summed E-state index contributed by atoms with van der Waals surface area (Å²) in [6.45, 7) is 0. The Bertz CT molecular complexity index is 2180. The quantitative estimate of drug-likeness (QED) is 0.125. The average molecular weight is 644 g/mol. The van der Waals surface area contributed by atoms with E-state index in [1.807, 2.05) is 36.4 Å². The third-order valence-electron chi connectivity index (χ3n) is 9.11. The van der Waals surface area contributed by atoms with Crippen molar-refractivity contribution in [2.45, 2.75) is 0 Å². The van der Waals surface area contributed by atoms with Crippen molar-refractivity contribution in [3.05, 3.63) is 200 Å². The van der Waals surface area contributed by atoms with E-state index in [1.54, 1.807) is 0 Å². The van der Waals surface area contributed by atoms with Crippen molar-refractivity contribution in [1.29, 1.82) is 0 Å². The molecule has 0 aliphatic rings. The predicted molar refractivity (Wildman–Crippen MR) is 205 cm³/mol. The fourth-order valence-corrected chi connectivity index (χ4v) is 11.5. The minimum absolute atomic E-state index is 0.647. The molecule has 232 valence electrons. The highest BCUT2D eigenvalue weighted by Crippen LogP contribution is 2.27. The molecular weight excluding hydrogens is 611 g/mol. The zero-order chi connectivity index (χ0) is 32.9. The van der Waals surface area contributed by atoms with Crippen LogP contribution in [0.1, 0.15) is 0 Å². The fourth-order valence-electron chi connectivity index (χ4n) is 6.73. The lowest BCUT2D eigenvalue weighted by molar-refractivity contribution is 1.07. The third-order valence-corrected chi connectivity index (χ3v) is 13.9. The Balaban J connectivity index is 1.26. The monoisotopic (exact) mass is 643 g/mol. The van der Waals surface area contributed by atoms with Crippen molar-refractivity contribution < 1.29 is 0 Å². The van der Waals surface area contributed by atoms with Crippen LogP contribution in [0.5, 0.6) is 0 Å².